The van der Waals surface area contributed by atoms with Gasteiger partial charge in [-0.15, -0.1) is 17.0 Å². The molecule has 0 fully saturated rings. The Balaban J connectivity index is 0.00000144. The zero-order chi connectivity index (χ0) is 11.2. The molecule has 0 spiro atoms. The summed E-state index contributed by atoms with van der Waals surface area (Å²) in [5.74, 6) is 0. The van der Waals surface area contributed by atoms with Crippen LogP contribution in [0.3, 0.4) is 0 Å². The molecule has 0 amide bonds. The number of nitrogens with zero attached hydrogens (tertiary/aromatic N) is 1. The molecular formula is C14H19BrN2. The van der Waals surface area contributed by atoms with E-state index in [0.29, 0.717) is 0 Å². The third-order valence-corrected chi connectivity index (χ3v) is 2.79. The molecule has 0 saturated heterocycles. The molecule has 0 atom stereocenters. The van der Waals surface area contributed by atoms with Gasteiger partial charge in [0.25, 0.3) is 0 Å². The van der Waals surface area contributed by atoms with Gasteiger partial charge in [0.15, 0.2) is 0 Å². The van der Waals surface area contributed by atoms with E-state index >= 15 is 0 Å². The zero-order valence-corrected chi connectivity index (χ0v) is 11.6. The molecule has 17 heavy (non-hydrogen) atoms. The van der Waals surface area contributed by atoms with Gasteiger partial charge in [-0.1, -0.05) is 30.3 Å². The van der Waals surface area contributed by atoms with Crippen LogP contribution in [0.1, 0.15) is 12.0 Å². The minimum atomic E-state index is 0. The van der Waals surface area contributed by atoms with Gasteiger partial charge in [0.2, 0.25) is 0 Å². The fourth-order valence-corrected chi connectivity index (χ4v) is 1.84. The smallest absolute Gasteiger partial charge is 0.0376 e. The number of hydrogen-bond donors (Lipinski definition) is 1. The van der Waals surface area contributed by atoms with Crippen molar-refractivity contribution in [1.29, 1.82) is 0 Å². The van der Waals surface area contributed by atoms with Crippen molar-refractivity contribution in [2.75, 3.05) is 13.1 Å². The molecule has 1 aromatic rings. The van der Waals surface area contributed by atoms with Crippen molar-refractivity contribution in [2.45, 2.75) is 12.8 Å². The van der Waals surface area contributed by atoms with Crippen molar-refractivity contribution < 1.29 is 0 Å². The molecule has 1 heterocycles. The largest absolute Gasteiger partial charge is 0.399 e. The van der Waals surface area contributed by atoms with Crippen LogP contribution in [0.15, 0.2) is 54.4 Å². The van der Waals surface area contributed by atoms with E-state index < -0.39 is 0 Å². The van der Waals surface area contributed by atoms with Crippen LogP contribution in [0.4, 0.5) is 0 Å². The van der Waals surface area contributed by atoms with Gasteiger partial charge >= 0.3 is 0 Å². The summed E-state index contributed by atoms with van der Waals surface area (Å²) in [5.41, 5.74) is 7.95. The summed E-state index contributed by atoms with van der Waals surface area (Å²) in [7, 11) is 0. The number of halogens is 1. The average molecular weight is 295 g/mol. The summed E-state index contributed by atoms with van der Waals surface area (Å²) >= 11 is 0. The highest BCUT2D eigenvalue weighted by Gasteiger charge is 2.02. The van der Waals surface area contributed by atoms with E-state index in [1.165, 1.54) is 12.0 Å². The van der Waals surface area contributed by atoms with Gasteiger partial charge in [-0.25, -0.2) is 0 Å². The lowest BCUT2D eigenvalue weighted by atomic mass is 10.1. The lowest BCUT2D eigenvalue weighted by Crippen LogP contribution is -2.22. The van der Waals surface area contributed by atoms with Crippen LogP contribution in [0.25, 0.3) is 0 Å². The highest BCUT2D eigenvalue weighted by Crippen LogP contribution is 2.06. The number of aryl methyl sites for hydroxylation is 1. The molecule has 2 rings (SSSR count). The van der Waals surface area contributed by atoms with Crippen LogP contribution in [0.5, 0.6) is 0 Å². The predicted octanol–water partition coefficient (Wildman–Crippen LogP) is 2.87. The van der Waals surface area contributed by atoms with Crippen molar-refractivity contribution in [2.24, 2.45) is 5.73 Å². The predicted molar refractivity (Wildman–Crippen MR) is 78.1 cm³/mol. The Morgan fingerprint density at radius 2 is 1.94 bits per heavy atom. The van der Waals surface area contributed by atoms with Gasteiger partial charge in [-0.2, -0.15) is 0 Å². The SMILES string of the molecule is Br.NC1=CCN(CCCc2ccccc2)C=C1. The molecule has 2 N–H and O–H groups in total. The maximum Gasteiger partial charge on any atom is 0.0376 e. The number of benzene rings is 1. The molecule has 2 nitrogen and oxygen atoms in total. The number of rotatable bonds is 4. The molecule has 0 aliphatic carbocycles. The number of allylic oxidation sites excluding steroid dienone is 1. The van der Waals surface area contributed by atoms with Gasteiger partial charge in [0.05, 0.1) is 0 Å². The van der Waals surface area contributed by atoms with Crippen LogP contribution in [-0.2, 0) is 6.42 Å². The molecule has 1 aliphatic heterocycles. The van der Waals surface area contributed by atoms with Crippen molar-refractivity contribution >= 4 is 17.0 Å². The lowest BCUT2D eigenvalue weighted by Gasteiger charge is -2.21. The number of hydrogen-bond acceptors (Lipinski definition) is 2. The Morgan fingerprint density at radius 1 is 1.18 bits per heavy atom. The van der Waals surface area contributed by atoms with Crippen molar-refractivity contribution in [1.82, 2.24) is 4.90 Å². The van der Waals surface area contributed by atoms with Crippen molar-refractivity contribution in [3.63, 3.8) is 0 Å². The minimum absolute atomic E-state index is 0. The second-order valence-corrected chi connectivity index (χ2v) is 4.10. The minimum Gasteiger partial charge on any atom is -0.399 e. The van der Waals surface area contributed by atoms with Gasteiger partial charge in [-0.05, 0) is 30.6 Å². The molecule has 1 aromatic carbocycles. The summed E-state index contributed by atoms with van der Waals surface area (Å²) in [6, 6.07) is 10.6. The summed E-state index contributed by atoms with van der Waals surface area (Å²) in [6.45, 7) is 2.03. The Bertz CT molecular complexity index is 384. The summed E-state index contributed by atoms with van der Waals surface area (Å²) < 4.78 is 0. The first kappa shape index (κ1) is 13.8. The second kappa shape index (κ2) is 7.17. The molecule has 3 heteroatoms. The summed E-state index contributed by atoms with van der Waals surface area (Å²) in [4.78, 5) is 2.29. The Labute approximate surface area is 114 Å². The van der Waals surface area contributed by atoms with Gasteiger partial charge in [0.1, 0.15) is 0 Å². The zero-order valence-electron chi connectivity index (χ0n) is 9.88. The van der Waals surface area contributed by atoms with Gasteiger partial charge in [0, 0.05) is 25.0 Å². The molecule has 0 saturated carbocycles. The van der Waals surface area contributed by atoms with E-state index in [9.17, 15) is 0 Å². The summed E-state index contributed by atoms with van der Waals surface area (Å²) in [5, 5.41) is 0. The third kappa shape index (κ3) is 4.65. The second-order valence-electron chi connectivity index (χ2n) is 4.10. The summed E-state index contributed by atoms with van der Waals surface area (Å²) in [6.07, 6.45) is 8.43. The molecule has 0 unspecified atom stereocenters. The molecule has 92 valence electrons. The topological polar surface area (TPSA) is 29.3 Å². The first-order valence-electron chi connectivity index (χ1n) is 5.76. The fraction of sp³-hybridized carbons (Fsp3) is 0.286. The van der Waals surface area contributed by atoms with Crippen LogP contribution in [0.2, 0.25) is 0 Å². The van der Waals surface area contributed by atoms with Crippen molar-refractivity contribution in [3.8, 4) is 0 Å². The van der Waals surface area contributed by atoms with E-state index in [2.05, 4.69) is 47.5 Å². The molecule has 0 radical (unpaired) electrons. The van der Waals surface area contributed by atoms with Crippen LogP contribution < -0.4 is 5.73 Å². The van der Waals surface area contributed by atoms with Crippen LogP contribution in [-0.4, -0.2) is 18.0 Å². The van der Waals surface area contributed by atoms with Crippen molar-refractivity contribution in [3.05, 3.63) is 59.9 Å². The average Bonchev–Trinajstić information content (AvgIpc) is 2.33. The van der Waals surface area contributed by atoms with E-state index in [0.717, 1.165) is 25.2 Å². The number of nitrogens with two attached hydrogens (primary N) is 1. The van der Waals surface area contributed by atoms with E-state index in [1.807, 2.05) is 6.08 Å². The Morgan fingerprint density at radius 3 is 2.59 bits per heavy atom. The molecular weight excluding hydrogens is 276 g/mol. The lowest BCUT2D eigenvalue weighted by molar-refractivity contribution is 0.401. The van der Waals surface area contributed by atoms with E-state index in [4.69, 9.17) is 5.73 Å². The van der Waals surface area contributed by atoms with E-state index in [1.54, 1.807) is 0 Å². The van der Waals surface area contributed by atoms with Gasteiger partial charge in [-0.3, -0.25) is 0 Å². The first-order chi connectivity index (χ1) is 7.84. The fourth-order valence-electron chi connectivity index (χ4n) is 1.84. The maximum absolute atomic E-state index is 5.66. The third-order valence-electron chi connectivity index (χ3n) is 2.79. The quantitative estimate of drug-likeness (QED) is 0.925. The van der Waals surface area contributed by atoms with Crippen LogP contribution in [0, 0.1) is 0 Å². The Kier molecular flexibility index (Phi) is 5.84. The molecule has 0 bridgehead atoms. The monoisotopic (exact) mass is 294 g/mol. The van der Waals surface area contributed by atoms with E-state index in [-0.39, 0.29) is 17.0 Å². The standard InChI is InChI=1S/C14H18N2.BrH/c15-14-8-11-16(12-9-14)10-4-7-13-5-2-1-3-6-13;/h1-3,5-6,8-9,11H,4,7,10,12,15H2;1H. The highest BCUT2D eigenvalue weighted by molar-refractivity contribution is 8.93. The highest BCUT2D eigenvalue weighted by atomic mass is 79.9. The van der Waals surface area contributed by atoms with Gasteiger partial charge < -0.3 is 10.6 Å². The Hall–Kier alpha value is -1.22. The van der Waals surface area contributed by atoms with Crippen LogP contribution >= 0.6 is 17.0 Å². The maximum atomic E-state index is 5.66. The first-order valence-corrected chi connectivity index (χ1v) is 5.76. The molecule has 1 aliphatic rings. The molecule has 0 aromatic heterocycles. The normalized spacial score (nSPS) is 14.1.